The van der Waals surface area contributed by atoms with Crippen LogP contribution in [0, 0.1) is 0 Å². The molecule has 5 nitrogen and oxygen atoms in total. The van der Waals surface area contributed by atoms with Crippen LogP contribution in [0.15, 0.2) is 6.20 Å². The van der Waals surface area contributed by atoms with Crippen molar-refractivity contribution in [3.63, 3.8) is 0 Å². The van der Waals surface area contributed by atoms with E-state index in [1.165, 1.54) is 0 Å². The van der Waals surface area contributed by atoms with Crippen molar-refractivity contribution in [3.8, 4) is 0 Å². The zero-order chi connectivity index (χ0) is 10.6. The molecule has 0 aliphatic rings. The van der Waals surface area contributed by atoms with E-state index in [0.717, 1.165) is 17.8 Å². The molecule has 0 saturated carbocycles. The molecule has 1 rings (SSSR count). The maximum Gasteiger partial charge on any atom is 0.225 e. The minimum absolute atomic E-state index is 0.0600. The quantitative estimate of drug-likeness (QED) is 0.726. The molecule has 0 spiro atoms. The second-order valence-electron chi connectivity index (χ2n) is 3.10. The Balaban J connectivity index is 2.70. The van der Waals surface area contributed by atoms with E-state index in [1.54, 1.807) is 10.9 Å². The van der Waals surface area contributed by atoms with E-state index in [9.17, 15) is 4.79 Å². The fraction of sp³-hybridized carbons (Fsp3) is 0.556. The summed E-state index contributed by atoms with van der Waals surface area (Å²) < 4.78 is 1.69. The number of nitrogens with one attached hydrogen (secondary N) is 1. The molecule has 1 amide bonds. The predicted molar refractivity (Wildman–Crippen MR) is 54.9 cm³/mol. The van der Waals surface area contributed by atoms with Gasteiger partial charge in [-0.2, -0.15) is 5.10 Å². The van der Waals surface area contributed by atoms with E-state index < -0.39 is 0 Å². The normalized spacial score (nSPS) is 10.2. The summed E-state index contributed by atoms with van der Waals surface area (Å²) in [7, 11) is 1.83. The van der Waals surface area contributed by atoms with Gasteiger partial charge in [0.1, 0.15) is 0 Å². The van der Waals surface area contributed by atoms with Crippen LogP contribution in [0.2, 0.25) is 0 Å². The molecular formula is C9H16N4O. The number of amides is 1. The molecule has 0 saturated heterocycles. The van der Waals surface area contributed by atoms with Crippen molar-refractivity contribution >= 4 is 11.6 Å². The van der Waals surface area contributed by atoms with E-state index in [0.29, 0.717) is 13.0 Å². The molecule has 0 radical (unpaired) electrons. The van der Waals surface area contributed by atoms with Crippen LogP contribution >= 0.6 is 0 Å². The molecule has 0 atom stereocenters. The van der Waals surface area contributed by atoms with Crippen LogP contribution in [0.4, 0.5) is 5.69 Å². The summed E-state index contributed by atoms with van der Waals surface area (Å²) in [4.78, 5) is 11.3. The van der Waals surface area contributed by atoms with E-state index in [-0.39, 0.29) is 5.91 Å². The van der Waals surface area contributed by atoms with E-state index in [2.05, 4.69) is 10.4 Å². The SMILES string of the molecule is CCc1nn(C)cc1NC(=O)CCN. The Bertz CT molecular complexity index is 319. The van der Waals surface area contributed by atoms with Crippen molar-refractivity contribution in [1.29, 1.82) is 0 Å². The number of nitrogens with two attached hydrogens (primary N) is 1. The number of carbonyl (C=O) groups is 1. The maximum atomic E-state index is 11.3. The van der Waals surface area contributed by atoms with Crippen molar-refractivity contribution in [2.75, 3.05) is 11.9 Å². The lowest BCUT2D eigenvalue weighted by atomic mass is 10.3. The van der Waals surface area contributed by atoms with Gasteiger partial charge in [0, 0.05) is 26.2 Å². The summed E-state index contributed by atoms with van der Waals surface area (Å²) in [5, 5.41) is 6.99. The minimum Gasteiger partial charge on any atom is -0.330 e. The number of carbonyl (C=O) groups excluding carboxylic acids is 1. The van der Waals surface area contributed by atoms with Crippen molar-refractivity contribution in [1.82, 2.24) is 9.78 Å². The summed E-state index contributed by atoms with van der Waals surface area (Å²) in [5.74, 6) is -0.0600. The number of anilines is 1. The highest BCUT2D eigenvalue weighted by atomic mass is 16.1. The van der Waals surface area contributed by atoms with Gasteiger partial charge in [-0.05, 0) is 6.42 Å². The van der Waals surface area contributed by atoms with Gasteiger partial charge in [-0.25, -0.2) is 0 Å². The number of rotatable bonds is 4. The van der Waals surface area contributed by atoms with Gasteiger partial charge in [0.15, 0.2) is 0 Å². The van der Waals surface area contributed by atoms with Gasteiger partial charge < -0.3 is 11.1 Å². The van der Waals surface area contributed by atoms with Crippen molar-refractivity contribution in [2.45, 2.75) is 19.8 Å². The highest BCUT2D eigenvalue weighted by Gasteiger charge is 2.08. The third kappa shape index (κ3) is 2.56. The van der Waals surface area contributed by atoms with Crippen LogP contribution in [0.1, 0.15) is 19.0 Å². The molecule has 1 heterocycles. The summed E-state index contributed by atoms with van der Waals surface area (Å²) in [6.07, 6.45) is 2.95. The molecule has 0 aliphatic heterocycles. The lowest BCUT2D eigenvalue weighted by molar-refractivity contribution is -0.116. The smallest absolute Gasteiger partial charge is 0.225 e. The summed E-state index contributed by atoms with van der Waals surface area (Å²) >= 11 is 0. The van der Waals surface area contributed by atoms with Crippen LogP contribution in [0.25, 0.3) is 0 Å². The van der Waals surface area contributed by atoms with Gasteiger partial charge in [-0.15, -0.1) is 0 Å². The lowest BCUT2D eigenvalue weighted by Gasteiger charge is -2.02. The average molecular weight is 196 g/mol. The van der Waals surface area contributed by atoms with Crippen molar-refractivity contribution in [3.05, 3.63) is 11.9 Å². The summed E-state index contributed by atoms with van der Waals surface area (Å²) in [6, 6.07) is 0. The first-order valence-corrected chi connectivity index (χ1v) is 4.69. The molecule has 0 fully saturated rings. The molecule has 0 unspecified atom stereocenters. The van der Waals surface area contributed by atoms with Crippen LogP contribution < -0.4 is 11.1 Å². The molecule has 78 valence electrons. The fourth-order valence-corrected chi connectivity index (χ4v) is 1.24. The predicted octanol–water partition coefficient (Wildman–Crippen LogP) is 0.270. The first-order chi connectivity index (χ1) is 6.67. The van der Waals surface area contributed by atoms with Gasteiger partial charge in [-0.1, -0.05) is 6.92 Å². The Labute approximate surface area is 83.3 Å². The number of hydrogen-bond donors (Lipinski definition) is 2. The average Bonchev–Trinajstić information content (AvgIpc) is 2.46. The zero-order valence-corrected chi connectivity index (χ0v) is 8.58. The summed E-state index contributed by atoms with van der Waals surface area (Å²) in [6.45, 7) is 2.37. The third-order valence-electron chi connectivity index (χ3n) is 1.89. The van der Waals surface area contributed by atoms with Gasteiger partial charge in [0.05, 0.1) is 11.4 Å². The van der Waals surface area contributed by atoms with Gasteiger partial charge >= 0.3 is 0 Å². The number of aryl methyl sites for hydroxylation is 2. The second-order valence-corrected chi connectivity index (χ2v) is 3.10. The van der Waals surface area contributed by atoms with Crippen LogP contribution in [0.5, 0.6) is 0 Å². The molecule has 0 aromatic carbocycles. The minimum atomic E-state index is -0.0600. The van der Waals surface area contributed by atoms with Gasteiger partial charge in [0.2, 0.25) is 5.91 Å². The monoisotopic (exact) mass is 196 g/mol. The Morgan fingerprint density at radius 3 is 3.00 bits per heavy atom. The highest BCUT2D eigenvalue weighted by molar-refractivity contribution is 5.91. The van der Waals surface area contributed by atoms with Crippen LogP contribution in [-0.4, -0.2) is 22.2 Å². The van der Waals surface area contributed by atoms with E-state index in [1.807, 2.05) is 14.0 Å². The number of hydrogen-bond acceptors (Lipinski definition) is 3. The number of nitrogens with zero attached hydrogens (tertiary/aromatic N) is 2. The largest absolute Gasteiger partial charge is 0.330 e. The van der Waals surface area contributed by atoms with Crippen LogP contribution in [0.3, 0.4) is 0 Å². The zero-order valence-electron chi connectivity index (χ0n) is 8.58. The topological polar surface area (TPSA) is 72.9 Å². The van der Waals surface area contributed by atoms with Crippen molar-refractivity contribution < 1.29 is 4.79 Å². The maximum absolute atomic E-state index is 11.3. The Hall–Kier alpha value is -1.36. The molecule has 3 N–H and O–H groups in total. The fourth-order valence-electron chi connectivity index (χ4n) is 1.24. The molecule has 1 aromatic rings. The third-order valence-corrected chi connectivity index (χ3v) is 1.89. The number of aromatic nitrogens is 2. The Morgan fingerprint density at radius 1 is 1.71 bits per heavy atom. The Kier molecular flexibility index (Phi) is 3.64. The van der Waals surface area contributed by atoms with Crippen LogP contribution in [-0.2, 0) is 18.3 Å². The molecular weight excluding hydrogens is 180 g/mol. The van der Waals surface area contributed by atoms with Gasteiger partial charge in [0.25, 0.3) is 0 Å². The highest BCUT2D eigenvalue weighted by Crippen LogP contribution is 2.13. The standard InChI is InChI=1S/C9H16N4O/c1-3-7-8(6-13(2)12-7)11-9(14)4-5-10/h6H,3-5,10H2,1-2H3,(H,11,14). The van der Waals surface area contributed by atoms with Gasteiger partial charge in [-0.3, -0.25) is 9.48 Å². The molecule has 5 heteroatoms. The first kappa shape index (κ1) is 10.7. The second kappa shape index (κ2) is 4.76. The van der Waals surface area contributed by atoms with E-state index in [4.69, 9.17) is 5.73 Å². The molecule has 0 bridgehead atoms. The Morgan fingerprint density at radius 2 is 2.43 bits per heavy atom. The molecule has 1 aromatic heterocycles. The lowest BCUT2D eigenvalue weighted by Crippen LogP contribution is -2.16. The first-order valence-electron chi connectivity index (χ1n) is 4.69. The van der Waals surface area contributed by atoms with Crippen molar-refractivity contribution in [2.24, 2.45) is 12.8 Å². The molecule has 0 aliphatic carbocycles. The molecule has 14 heavy (non-hydrogen) atoms. The summed E-state index contributed by atoms with van der Waals surface area (Å²) in [5.41, 5.74) is 6.96. The van der Waals surface area contributed by atoms with E-state index >= 15 is 0 Å².